The van der Waals surface area contributed by atoms with Crippen LogP contribution in [0.5, 0.6) is 0 Å². The van der Waals surface area contributed by atoms with E-state index in [4.69, 9.17) is 28.5 Å². The van der Waals surface area contributed by atoms with E-state index in [1.807, 2.05) is 0 Å². The fourth-order valence-electron chi connectivity index (χ4n) is 2.56. The molecule has 4 nitrogen and oxygen atoms in total. The number of amides is 1. The monoisotopic (exact) mass is 417 g/mol. The first-order valence-electron chi connectivity index (χ1n) is 7.96. The minimum absolute atomic E-state index is 0.00805. The molecular formula is C20H11Cl2F2N3O. The van der Waals surface area contributed by atoms with Crippen molar-refractivity contribution >= 4 is 29.1 Å². The Bertz CT molecular complexity index is 1080. The molecule has 0 bridgehead atoms. The zero-order valence-electron chi connectivity index (χ0n) is 14.1. The zero-order chi connectivity index (χ0) is 20.3. The van der Waals surface area contributed by atoms with E-state index in [2.05, 4.69) is 10.3 Å². The van der Waals surface area contributed by atoms with Crippen LogP contribution < -0.4 is 5.32 Å². The molecule has 0 saturated carbocycles. The normalized spacial score (nSPS) is 11.5. The van der Waals surface area contributed by atoms with Crippen LogP contribution in [0.15, 0.2) is 54.7 Å². The summed E-state index contributed by atoms with van der Waals surface area (Å²) in [6.45, 7) is 0. The van der Waals surface area contributed by atoms with Crippen LogP contribution in [-0.2, 0) is 0 Å². The van der Waals surface area contributed by atoms with E-state index in [1.54, 1.807) is 30.3 Å². The van der Waals surface area contributed by atoms with Crippen LogP contribution in [-0.4, -0.2) is 10.9 Å². The second kappa shape index (κ2) is 8.34. The van der Waals surface area contributed by atoms with E-state index < -0.39 is 23.6 Å². The molecule has 0 aliphatic carbocycles. The molecule has 3 rings (SSSR count). The largest absolute Gasteiger partial charge is 0.339 e. The van der Waals surface area contributed by atoms with Crippen LogP contribution >= 0.6 is 23.2 Å². The number of hydrogen-bond acceptors (Lipinski definition) is 3. The maximum absolute atomic E-state index is 13.9. The number of pyridine rings is 1. The first kappa shape index (κ1) is 19.7. The van der Waals surface area contributed by atoms with E-state index in [-0.39, 0.29) is 21.8 Å². The molecule has 28 heavy (non-hydrogen) atoms. The molecule has 3 aromatic rings. The Balaban J connectivity index is 1.99. The lowest BCUT2D eigenvalue weighted by molar-refractivity contribution is 0.0942. The van der Waals surface area contributed by atoms with Gasteiger partial charge in [0.2, 0.25) is 0 Å². The first-order valence-corrected chi connectivity index (χ1v) is 8.71. The highest BCUT2D eigenvalue weighted by molar-refractivity contribution is 6.31. The van der Waals surface area contributed by atoms with Crippen LogP contribution in [0.1, 0.15) is 33.2 Å². The topological polar surface area (TPSA) is 65.8 Å². The van der Waals surface area contributed by atoms with Crippen molar-refractivity contribution in [3.8, 4) is 6.07 Å². The smallest absolute Gasteiger partial charge is 0.252 e. The molecule has 0 fully saturated rings. The van der Waals surface area contributed by atoms with Crippen molar-refractivity contribution in [2.75, 3.05) is 0 Å². The zero-order valence-corrected chi connectivity index (χ0v) is 15.6. The van der Waals surface area contributed by atoms with Gasteiger partial charge < -0.3 is 5.32 Å². The van der Waals surface area contributed by atoms with E-state index >= 15 is 0 Å². The Morgan fingerprint density at radius 1 is 1.11 bits per heavy atom. The molecule has 1 atom stereocenters. The molecular weight excluding hydrogens is 407 g/mol. The second-order valence-electron chi connectivity index (χ2n) is 5.79. The molecule has 0 aliphatic heterocycles. The number of carbonyl (C=O) groups excluding carboxylic acids is 1. The SMILES string of the molecule is N#Cc1ccc(C(=O)NC(c2ccc(Cl)cc2)c2ncc(F)cc2Cl)cc1F. The van der Waals surface area contributed by atoms with E-state index in [0.29, 0.717) is 10.6 Å². The van der Waals surface area contributed by atoms with Crippen LogP contribution in [0, 0.1) is 23.0 Å². The van der Waals surface area contributed by atoms with Crippen molar-refractivity contribution in [1.82, 2.24) is 10.3 Å². The second-order valence-corrected chi connectivity index (χ2v) is 6.63. The minimum Gasteiger partial charge on any atom is -0.339 e. The number of benzene rings is 2. The summed E-state index contributed by atoms with van der Waals surface area (Å²) >= 11 is 12.0. The van der Waals surface area contributed by atoms with Gasteiger partial charge in [-0.25, -0.2) is 8.78 Å². The van der Waals surface area contributed by atoms with Crippen molar-refractivity contribution < 1.29 is 13.6 Å². The lowest BCUT2D eigenvalue weighted by Gasteiger charge is -2.20. The molecule has 1 N–H and O–H groups in total. The maximum Gasteiger partial charge on any atom is 0.252 e. The van der Waals surface area contributed by atoms with E-state index in [9.17, 15) is 13.6 Å². The Morgan fingerprint density at radius 2 is 1.82 bits per heavy atom. The highest BCUT2D eigenvalue weighted by atomic mass is 35.5. The van der Waals surface area contributed by atoms with Gasteiger partial charge in [-0.05, 0) is 42.0 Å². The van der Waals surface area contributed by atoms with Crippen LogP contribution in [0.3, 0.4) is 0 Å². The number of aromatic nitrogens is 1. The number of nitriles is 1. The van der Waals surface area contributed by atoms with Gasteiger partial charge in [-0.3, -0.25) is 9.78 Å². The van der Waals surface area contributed by atoms with Crippen molar-refractivity contribution in [3.63, 3.8) is 0 Å². The van der Waals surface area contributed by atoms with Crippen molar-refractivity contribution in [3.05, 3.63) is 98.8 Å². The summed E-state index contributed by atoms with van der Waals surface area (Å²) in [5.74, 6) is -2.05. The summed E-state index contributed by atoms with van der Waals surface area (Å²) in [6.07, 6.45) is 0.984. The number of nitrogens with zero attached hydrogens (tertiary/aromatic N) is 2. The van der Waals surface area contributed by atoms with E-state index in [0.717, 1.165) is 18.3 Å². The summed E-state index contributed by atoms with van der Waals surface area (Å²) in [6, 6.07) is 12.0. The summed E-state index contributed by atoms with van der Waals surface area (Å²) in [5, 5.41) is 12.0. The average Bonchev–Trinajstić information content (AvgIpc) is 2.67. The molecule has 2 aromatic carbocycles. The van der Waals surface area contributed by atoms with Gasteiger partial charge in [0, 0.05) is 10.6 Å². The third kappa shape index (κ3) is 4.28. The fourth-order valence-corrected chi connectivity index (χ4v) is 2.95. The average molecular weight is 418 g/mol. The van der Waals surface area contributed by atoms with Gasteiger partial charge in [-0.1, -0.05) is 35.3 Å². The Labute approximate surface area is 169 Å². The predicted octanol–water partition coefficient (Wildman–Crippen LogP) is 5.06. The number of carbonyl (C=O) groups is 1. The number of halogens is 4. The van der Waals surface area contributed by atoms with Crippen LogP contribution in [0.2, 0.25) is 10.0 Å². The standard InChI is InChI=1S/C20H11Cl2F2N3O/c21-14-5-3-11(4-6-14)18(19-16(22)8-15(23)10-26-19)27-20(28)12-1-2-13(9-25)17(24)7-12/h1-8,10,18H,(H,27,28). The van der Waals surface area contributed by atoms with Crippen LogP contribution in [0.4, 0.5) is 8.78 Å². The molecule has 0 radical (unpaired) electrons. The third-order valence-corrected chi connectivity index (χ3v) is 4.49. The van der Waals surface area contributed by atoms with Gasteiger partial charge in [0.05, 0.1) is 28.5 Å². The van der Waals surface area contributed by atoms with Crippen molar-refractivity contribution in [2.45, 2.75) is 6.04 Å². The number of nitrogens with one attached hydrogen (secondary N) is 1. The quantitative estimate of drug-likeness (QED) is 0.645. The summed E-state index contributed by atoms with van der Waals surface area (Å²) in [7, 11) is 0. The highest BCUT2D eigenvalue weighted by Gasteiger charge is 2.22. The number of rotatable bonds is 4. The fraction of sp³-hybridized carbons (Fsp3) is 0.0500. The van der Waals surface area contributed by atoms with Crippen molar-refractivity contribution in [1.29, 1.82) is 5.26 Å². The highest BCUT2D eigenvalue weighted by Crippen LogP contribution is 2.28. The molecule has 1 unspecified atom stereocenters. The predicted molar refractivity (Wildman–Crippen MR) is 101 cm³/mol. The first-order chi connectivity index (χ1) is 13.4. The summed E-state index contributed by atoms with van der Waals surface area (Å²) in [4.78, 5) is 16.7. The van der Waals surface area contributed by atoms with Crippen molar-refractivity contribution in [2.24, 2.45) is 0 Å². The van der Waals surface area contributed by atoms with Gasteiger partial charge in [0.1, 0.15) is 17.7 Å². The molecule has 8 heteroatoms. The lowest BCUT2D eigenvalue weighted by Crippen LogP contribution is -2.30. The Hall–Kier alpha value is -3.01. The Kier molecular flexibility index (Phi) is 5.88. The van der Waals surface area contributed by atoms with Gasteiger partial charge in [-0.2, -0.15) is 5.26 Å². The molecule has 1 heterocycles. The molecule has 1 amide bonds. The van der Waals surface area contributed by atoms with Gasteiger partial charge >= 0.3 is 0 Å². The summed E-state index contributed by atoms with van der Waals surface area (Å²) < 4.78 is 27.2. The molecule has 140 valence electrons. The van der Waals surface area contributed by atoms with Crippen LogP contribution in [0.25, 0.3) is 0 Å². The van der Waals surface area contributed by atoms with Gasteiger partial charge in [0.15, 0.2) is 0 Å². The maximum atomic E-state index is 13.9. The molecule has 1 aromatic heterocycles. The lowest BCUT2D eigenvalue weighted by atomic mass is 10.0. The summed E-state index contributed by atoms with van der Waals surface area (Å²) in [5.41, 5.74) is 0.642. The molecule has 0 saturated heterocycles. The van der Waals surface area contributed by atoms with Gasteiger partial charge in [0.25, 0.3) is 5.91 Å². The van der Waals surface area contributed by atoms with E-state index in [1.165, 1.54) is 12.1 Å². The Morgan fingerprint density at radius 3 is 2.43 bits per heavy atom. The minimum atomic E-state index is -0.837. The molecule has 0 spiro atoms. The molecule has 0 aliphatic rings. The third-order valence-electron chi connectivity index (χ3n) is 3.94. The van der Waals surface area contributed by atoms with Gasteiger partial charge in [-0.15, -0.1) is 0 Å². The number of hydrogen-bond donors (Lipinski definition) is 1.